The molecule has 0 unspecified atom stereocenters. The summed E-state index contributed by atoms with van der Waals surface area (Å²) in [4.78, 5) is 2.41. The van der Waals surface area contributed by atoms with Crippen LogP contribution in [0.15, 0.2) is 47.0 Å². The third kappa shape index (κ3) is 4.45. The number of hydrogen-bond acceptors (Lipinski definition) is 4. The zero-order valence-corrected chi connectivity index (χ0v) is 15.0. The number of rotatable bonds is 6. The van der Waals surface area contributed by atoms with Crippen LogP contribution < -0.4 is 4.74 Å². The topological polar surface area (TPSA) is 38.5 Å². The smallest absolute Gasteiger partial charge is 0.262 e. The van der Waals surface area contributed by atoms with Gasteiger partial charge >= 0.3 is 0 Å². The van der Waals surface area contributed by atoms with E-state index in [-0.39, 0.29) is 11.6 Å². The zero-order valence-electron chi connectivity index (χ0n) is 15.0. The van der Waals surface area contributed by atoms with Crippen LogP contribution in [0.2, 0.25) is 0 Å². The lowest BCUT2D eigenvalue weighted by Gasteiger charge is -2.31. The van der Waals surface area contributed by atoms with Gasteiger partial charge in [0.1, 0.15) is 11.6 Å². The minimum Gasteiger partial charge on any atom is -0.475 e. The number of likely N-dealkylation sites (tertiary alicyclic amines) is 1. The lowest BCUT2D eigenvalue weighted by molar-refractivity contribution is 0.155. The molecule has 1 aliphatic heterocycles. The zero-order chi connectivity index (χ0) is 18.6. The fourth-order valence-electron chi connectivity index (χ4n) is 3.60. The van der Waals surface area contributed by atoms with Crippen molar-refractivity contribution in [2.45, 2.75) is 25.8 Å². The molecule has 142 valence electrons. The fraction of sp³-hybridized carbons (Fsp3) is 0.381. The predicted molar refractivity (Wildman–Crippen MR) is 98.5 cm³/mol. The first-order valence-electron chi connectivity index (χ1n) is 9.32. The van der Waals surface area contributed by atoms with Gasteiger partial charge in [-0.25, -0.2) is 8.78 Å². The molecule has 0 aliphatic carbocycles. The first-order chi connectivity index (χ1) is 13.2. The molecule has 27 heavy (non-hydrogen) atoms. The average Bonchev–Trinajstić information content (AvgIpc) is 3.07. The Morgan fingerprint density at radius 3 is 2.56 bits per heavy atom. The number of fused-ring (bicyclic) bond motifs is 1. The van der Waals surface area contributed by atoms with Gasteiger partial charge in [0.2, 0.25) is 0 Å². The highest BCUT2D eigenvalue weighted by Crippen LogP contribution is 2.27. The largest absolute Gasteiger partial charge is 0.475 e. The second-order valence-electron chi connectivity index (χ2n) is 7.11. The summed E-state index contributed by atoms with van der Waals surface area (Å²) in [5.74, 6) is 0.504. The second kappa shape index (κ2) is 8.05. The molecule has 3 aromatic rings. The van der Waals surface area contributed by atoms with Gasteiger partial charge in [0, 0.05) is 12.6 Å². The lowest BCUT2D eigenvalue weighted by atomic mass is 9.93. The highest BCUT2D eigenvalue weighted by Gasteiger charge is 2.20. The molecule has 1 aromatic heterocycles. The number of ether oxygens (including phenoxy) is 1. The van der Waals surface area contributed by atoms with E-state index in [9.17, 15) is 8.78 Å². The average molecular weight is 372 g/mol. The van der Waals surface area contributed by atoms with Gasteiger partial charge in [0.05, 0.1) is 12.0 Å². The lowest BCUT2D eigenvalue weighted by Crippen LogP contribution is -2.33. The quantitative estimate of drug-likeness (QED) is 0.624. The number of benzene rings is 2. The van der Waals surface area contributed by atoms with Crippen molar-refractivity contribution in [3.05, 3.63) is 59.7 Å². The Morgan fingerprint density at radius 2 is 1.78 bits per heavy atom. The molecule has 0 saturated carbocycles. The Morgan fingerprint density at radius 1 is 1.04 bits per heavy atom. The van der Waals surface area contributed by atoms with Crippen LogP contribution in [0, 0.1) is 17.6 Å². The maximum atomic E-state index is 13.2. The molecular weight excluding hydrogens is 350 g/mol. The van der Waals surface area contributed by atoms with Crippen LogP contribution in [0.4, 0.5) is 8.78 Å². The van der Waals surface area contributed by atoms with E-state index in [1.165, 1.54) is 24.3 Å². The summed E-state index contributed by atoms with van der Waals surface area (Å²) in [5.41, 5.74) is 1.55. The molecule has 6 heteroatoms. The number of halogens is 2. The predicted octanol–water partition coefficient (Wildman–Crippen LogP) is 4.79. The Kier molecular flexibility index (Phi) is 5.34. The highest BCUT2D eigenvalue weighted by molar-refractivity contribution is 5.81. The number of hydrogen-bond donors (Lipinski definition) is 0. The van der Waals surface area contributed by atoms with E-state index in [1.807, 2.05) is 12.1 Å². The molecule has 0 N–H and O–H groups in total. The first-order valence-corrected chi connectivity index (χ1v) is 9.32. The van der Waals surface area contributed by atoms with E-state index in [1.54, 1.807) is 6.07 Å². The number of piperidine rings is 1. The molecule has 0 radical (unpaired) electrons. The molecule has 0 spiro atoms. The Hall–Kier alpha value is -2.47. The summed E-state index contributed by atoms with van der Waals surface area (Å²) in [6.07, 6.45) is 3.20. The van der Waals surface area contributed by atoms with Crippen LogP contribution in [0.25, 0.3) is 11.0 Å². The summed E-state index contributed by atoms with van der Waals surface area (Å²) in [6, 6.07) is 11.1. The molecule has 4 nitrogen and oxygen atoms in total. The molecule has 1 saturated heterocycles. The second-order valence-corrected chi connectivity index (χ2v) is 7.11. The minimum atomic E-state index is -0.349. The molecule has 0 atom stereocenters. The summed E-state index contributed by atoms with van der Waals surface area (Å²) < 4.78 is 37.0. The maximum absolute atomic E-state index is 13.2. The first kappa shape index (κ1) is 17.9. The molecule has 4 rings (SSSR count). The van der Waals surface area contributed by atoms with E-state index in [0.29, 0.717) is 29.4 Å². The van der Waals surface area contributed by atoms with Crippen LogP contribution in [-0.4, -0.2) is 29.8 Å². The summed E-state index contributed by atoms with van der Waals surface area (Å²) in [6.45, 7) is 3.51. The van der Waals surface area contributed by atoms with Crippen LogP contribution >= 0.6 is 0 Å². The molecule has 1 aliphatic rings. The van der Waals surface area contributed by atoms with Gasteiger partial charge in [-0.15, -0.1) is 0 Å². The molecule has 2 heterocycles. The van der Waals surface area contributed by atoms with Gasteiger partial charge in [-0.3, -0.25) is 4.90 Å². The van der Waals surface area contributed by atoms with Crippen molar-refractivity contribution in [2.24, 2.45) is 5.92 Å². The van der Waals surface area contributed by atoms with Crippen LogP contribution in [0.3, 0.4) is 0 Å². The normalized spacial score (nSPS) is 16.1. The van der Waals surface area contributed by atoms with Gasteiger partial charge in [0.15, 0.2) is 5.58 Å². The fourth-order valence-corrected chi connectivity index (χ4v) is 3.60. The van der Waals surface area contributed by atoms with E-state index in [0.717, 1.165) is 44.5 Å². The van der Waals surface area contributed by atoms with Crippen molar-refractivity contribution in [3.8, 4) is 5.88 Å². The van der Waals surface area contributed by atoms with Crippen molar-refractivity contribution in [3.63, 3.8) is 0 Å². The SMILES string of the molecule is Fc1ccc(CN2CCC(CCOc3noc4cc(F)ccc34)CC2)cc1. The standard InChI is InChI=1S/C21H22F2N2O2/c22-17-3-1-16(2-4-17)14-25-10-7-15(8-11-25)9-12-26-21-19-6-5-18(23)13-20(19)27-24-21/h1-6,13,15H,7-12,14H2. The van der Waals surface area contributed by atoms with Crippen LogP contribution in [0.1, 0.15) is 24.8 Å². The van der Waals surface area contributed by atoms with Crippen molar-refractivity contribution in [1.29, 1.82) is 0 Å². The third-order valence-corrected chi connectivity index (χ3v) is 5.19. The Balaban J connectivity index is 1.22. The Labute approximate surface area is 156 Å². The highest BCUT2D eigenvalue weighted by atomic mass is 19.1. The van der Waals surface area contributed by atoms with Gasteiger partial charge in [-0.05, 0) is 73.3 Å². The maximum Gasteiger partial charge on any atom is 0.262 e. The molecule has 0 amide bonds. The van der Waals surface area contributed by atoms with E-state index >= 15 is 0 Å². The van der Waals surface area contributed by atoms with E-state index in [2.05, 4.69) is 10.1 Å². The van der Waals surface area contributed by atoms with Gasteiger partial charge < -0.3 is 9.26 Å². The van der Waals surface area contributed by atoms with Crippen molar-refractivity contribution < 1.29 is 18.0 Å². The number of nitrogens with zero attached hydrogens (tertiary/aromatic N) is 2. The van der Waals surface area contributed by atoms with Crippen molar-refractivity contribution in [2.75, 3.05) is 19.7 Å². The molecule has 2 aromatic carbocycles. The molecule has 0 bridgehead atoms. The molecule has 1 fully saturated rings. The minimum absolute atomic E-state index is 0.192. The monoisotopic (exact) mass is 372 g/mol. The molecular formula is C21H22F2N2O2. The van der Waals surface area contributed by atoms with Gasteiger partial charge in [-0.1, -0.05) is 12.1 Å². The van der Waals surface area contributed by atoms with E-state index < -0.39 is 0 Å². The van der Waals surface area contributed by atoms with Crippen LogP contribution in [0.5, 0.6) is 5.88 Å². The van der Waals surface area contributed by atoms with E-state index in [4.69, 9.17) is 9.26 Å². The third-order valence-electron chi connectivity index (χ3n) is 5.19. The summed E-state index contributed by atoms with van der Waals surface area (Å²) in [7, 11) is 0. The van der Waals surface area contributed by atoms with Crippen molar-refractivity contribution in [1.82, 2.24) is 10.1 Å². The summed E-state index contributed by atoms with van der Waals surface area (Å²) >= 11 is 0. The Bertz CT molecular complexity index is 887. The summed E-state index contributed by atoms with van der Waals surface area (Å²) in [5, 5.41) is 4.58. The van der Waals surface area contributed by atoms with Crippen molar-refractivity contribution >= 4 is 11.0 Å². The van der Waals surface area contributed by atoms with Gasteiger partial charge in [-0.2, -0.15) is 0 Å². The number of aromatic nitrogens is 1. The van der Waals surface area contributed by atoms with Crippen LogP contribution in [-0.2, 0) is 6.54 Å². The van der Waals surface area contributed by atoms with Gasteiger partial charge in [0.25, 0.3) is 5.88 Å².